The maximum atomic E-state index is 14.1. The lowest BCUT2D eigenvalue weighted by Gasteiger charge is -2.12. The SMILES string of the molecule is Cc1cc(C#N)cc(-c2c(F)ccnc2C(C)C)n1. The summed E-state index contributed by atoms with van der Waals surface area (Å²) in [6.07, 6.45) is 1.45. The average Bonchev–Trinajstić information content (AvgIpc) is 2.37. The van der Waals surface area contributed by atoms with E-state index >= 15 is 0 Å². The first-order valence-corrected chi connectivity index (χ1v) is 6.06. The van der Waals surface area contributed by atoms with Gasteiger partial charge in [-0.3, -0.25) is 9.97 Å². The van der Waals surface area contributed by atoms with E-state index in [1.807, 2.05) is 13.8 Å². The van der Waals surface area contributed by atoms with E-state index in [0.29, 0.717) is 28.2 Å². The molecule has 0 radical (unpaired) electrons. The van der Waals surface area contributed by atoms with Gasteiger partial charge in [-0.2, -0.15) is 5.26 Å². The van der Waals surface area contributed by atoms with Gasteiger partial charge in [0, 0.05) is 11.9 Å². The van der Waals surface area contributed by atoms with Crippen LogP contribution in [0.4, 0.5) is 4.39 Å². The summed E-state index contributed by atoms with van der Waals surface area (Å²) in [6, 6.07) is 6.65. The van der Waals surface area contributed by atoms with Gasteiger partial charge in [0.15, 0.2) is 0 Å². The first-order chi connectivity index (χ1) is 9.02. The summed E-state index contributed by atoms with van der Waals surface area (Å²) in [5.41, 5.74) is 2.66. The second-order valence-electron chi connectivity index (χ2n) is 4.70. The minimum atomic E-state index is -0.360. The van der Waals surface area contributed by atoms with Crippen molar-refractivity contribution in [1.82, 2.24) is 9.97 Å². The lowest BCUT2D eigenvalue weighted by molar-refractivity contribution is 0.622. The molecule has 2 heterocycles. The number of pyridine rings is 2. The molecule has 0 atom stereocenters. The number of hydrogen-bond acceptors (Lipinski definition) is 3. The monoisotopic (exact) mass is 255 g/mol. The summed E-state index contributed by atoms with van der Waals surface area (Å²) in [5.74, 6) is -0.278. The van der Waals surface area contributed by atoms with Crippen molar-refractivity contribution in [2.45, 2.75) is 26.7 Å². The summed E-state index contributed by atoms with van der Waals surface area (Å²) in [7, 11) is 0. The third kappa shape index (κ3) is 2.60. The normalized spacial score (nSPS) is 10.5. The first kappa shape index (κ1) is 13.2. The molecule has 0 aliphatic rings. The molecule has 4 heteroatoms. The Hall–Kier alpha value is -2.28. The highest BCUT2D eigenvalue weighted by atomic mass is 19.1. The van der Waals surface area contributed by atoms with Crippen LogP contribution in [0.3, 0.4) is 0 Å². The zero-order chi connectivity index (χ0) is 14.0. The first-order valence-electron chi connectivity index (χ1n) is 6.06. The number of halogens is 1. The molecule has 19 heavy (non-hydrogen) atoms. The molecule has 0 spiro atoms. The largest absolute Gasteiger partial charge is 0.260 e. The quantitative estimate of drug-likeness (QED) is 0.824. The Bertz CT molecular complexity index is 657. The summed E-state index contributed by atoms with van der Waals surface area (Å²) >= 11 is 0. The highest BCUT2D eigenvalue weighted by molar-refractivity contribution is 5.65. The van der Waals surface area contributed by atoms with Gasteiger partial charge in [-0.25, -0.2) is 4.39 Å². The van der Waals surface area contributed by atoms with Gasteiger partial charge in [0.05, 0.1) is 28.6 Å². The fourth-order valence-electron chi connectivity index (χ4n) is 2.01. The fraction of sp³-hybridized carbons (Fsp3) is 0.267. The Kier molecular flexibility index (Phi) is 3.57. The van der Waals surface area contributed by atoms with Crippen LogP contribution >= 0.6 is 0 Å². The Balaban J connectivity index is 2.72. The summed E-state index contributed by atoms with van der Waals surface area (Å²) < 4.78 is 14.1. The van der Waals surface area contributed by atoms with E-state index in [1.165, 1.54) is 12.3 Å². The van der Waals surface area contributed by atoms with E-state index in [2.05, 4.69) is 16.0 Å². The van der Waals surface area contributed by atoms with Crippen LogP contribution < -0.4 is 0 Å². The van der Waals surface area contributed by atoms with Gasteiger partial charge in [0.25, 0.3) is 0 Å². The number of nitriles is 1. The highest BCUT2D eigenvalue weighted by Crippen LogP contribution is 2.29. The Morgan fingerprint density at radius 2 is 2.05 bits per heavy atom. The Labute approximate surface area is 111 Å². The van der Waals surface area contributed by atoms with Crippen LogP contribution in [0, 0.1) is 24.1 Å². The third-order valence-corrected chi connectivity index (χ3v) is 2.81. The van der Waals surface area contributed by atoms with E-state index in [1.54, 1.807) is 19.1 Å². The molecule has 0 unspecified atom stereocenters. The smallest absolute Gasteiger partial charge is 0.135 e. The number of nitrogens with zero attached hydrogens (tertiary/aromatic N) is 3. The van der Waals surface area contributed by atoms with Gasteiger partial charge in [-0.05, 0) is 31.0 Å². The molecule has 2 aromatic rings. The Morgan fingerprint density at radius 3 is 2.68 bits per heavy atom. The second kappa shape index (κ2) is 5.15. The minimum absolute atomic E-state index is 0.0820. The maximum Gasteiger partial charge on any atom is 0.135 e. The van der Waals surface area contributed by atoms with Crippen LogP contribution in [-0.4, -0.2) is 9.97 Å². The van der Waals surface area contributed by atoms with Gasteiger partial charge in [0.1, 0.15) is 5.82 Å². The molecule has 0 aliphatic carbocycles. The summed E-state index contributed by atoms with van der Waals surface area (Å²) in [6.45, 7) is 5.69. The number of hydrogen-bond donors (Lipinski definition) is 0. The summed E-state index contributed by atoms with van der Waals surface area (Å²) in [5, 5.41) is 8.99. The predicted octanol–water partition coefficient (Wildman–Crippen LogP) is 3.59. The average molecular weight is 255 g/mol. The molecule has 0 bridgehead atoms. The molecule has 0 saturated carbocycles. The molecule has 3 nitrogen and oxygen atoms in total. The molecule has 2 aromatic heterocycles. The molecule has 0 saturated heterocycles. The molecule has 0 N–H and O–H groups in total. The van der Waals surface area contributed by atoms with Crippen molar-refractivity contribution in [2.75, 3.05) is 0 Å². The highest BCUT2D eigenvalue weighted by Gasteiger charge is 2.16. The van der Waals surface area contributed by atoms with Crippen LogP contribution in [-0.2, 0) is 0 Å². The number of rotatable bonds is 2. The van der Waals surface area contributed by atoms with Gasteiger partial charge in [-0.15, -0.1) is 0 Å². The van der Waals surface area contributed by atoms with Gasteiger partial charge >= 0.3 is 0 Å². The van der Waals surface area contributed by atoms with E-state index in [4.69, 9.17) is 5.26 Å². The van der Waals surface area contributed by atoms with Crippen molar-refractivity contribution < 1.29 is 4.39 Å². The summed E-state index contributed by atoms with van der Waals surface area (Å²) in [4.78, 5) is 8.56. The van der Waals surface area contributed by atoms with Crippen LogP contribution in [0.1, 0.15) is 36.7 Å². The van der Waals surface area contributed by atoms with Crippen molar-refractivity contribution in [1.29, 1.82) is 5.26 Å². The lowest BCUT2D eigenvalue weighted by Crippen LogP contribution is -2.01. The van der Waals surface area contributed by atoms with Crippen molar-refractivity contribution in [3.8, 4) is 17.3 Å². The molecule has 0 amide bonds. The molecule has 2 rings (SSSR count). The van der Waals surface area contributed by atoms with Crippen molar-refractivity contribution in [3.05, 3.63) is 47.2 Å². The number of aryl methyl sites for hydroxylation is 1. The van der Waals surface area contributed by atoms with Crippen molar-refractivity contribution in [2.24, 2.45) is 0 Å². The van der Waals surface area contributed by atoms with E-state index < -0.39 is 0 Å². The minimum Gasteiger partial charge on any atom is -0.260 e. The molecule has 0 fully saturated rings. The second-order valence-corrected chi connectivity index (χ2v) is 4.70. The van der Waals surface area contributed by atoms with Crippen molar-refractivity contribution in [3.63, 3.8) is 0 Å². The maximum absolute atomic E-state index is 14.1. The molecule has 0 aromatic carbocycles. The molecule has 0 aliphatic heterocycles. The van der Waals surface area contributed by atoms with Crippen LogP contribution in [0.2, 0.25) is 0 Å². The third-order valence-electron chi connectivity index (χ3n) is 2.81. The van der Waals surface area contributed by atoms with Crippen LogP contribution in [0.25, 0.3) is 11.3 Å². The van der Waals surface area contributed by atoms with Gasteiger partial charge < -0.3 is 0 Å². The lowest BCUT2D eigenvalue weighted by atomic mass is 9.99. The van der Waals surface area contributed by atoms with E-state index in [-0.39, 0.29) is 11.7 Å². The predicted molar refractivity (Wildman–Crippen MR) is 71.0 cm³/mol. The van der Waals surface area contributed by atoms with Crippen molar-refractivity contribution >= 4 is 0 Å². The van der Waals surface area contributed by atoms with Crippen LogP contribution in [0.15, 0.2) is 24.4 Å². The fourth-order valence-corrected chi connectivity index (χ4v) is 2.01. The molecular formula is C15H14FN3. The van der Waals surface area contributed by atoms with E-state index in [9.17, 15) is 4.39 Å². The standard InChI is InChI=1S/C15H14FN3/c1-9(2)15-14(12(16)4-5-18-15)13-7-11(8-17)6-10(3)19-13/h4-7,9H,1-3H3. The van der Waals surface area contributed by atoms with E-state index in [0.717, 1.165) is 0 Å². The molecule has 96 valence electrons. The zero-order valence-electron chi connectivity index (χ0n) is 11.1. The topological polar surface area (TPSA) is 49.6 Å². The Morgan fingerprint density at radius 1 is 1.32 bits per heavy atom. The number of aromatic nitrogens is 2. The molecular weight excluding hydrogens is 241 g/mol. The van der Waals surface area contributed by atoms with Gasteiger partial charge in [0.2, 0.25) is 0 Å². The van der Waals surface area contributed by atoms with Crippen LogP contribution in [0.5, 0.6) is 0 Å². The van der Waals surface area contributed by atoms with Gasteiger partial charge in [-0.1, -0.05) is 13.8 Å². The zero-order valence-corrected chi connectivity index (χ0v) is 11.1.